The molecular weight excluding hydrogens is 332 g/mol. The largest absolute Gasteiger partial charge is 0.465 e. The third kappa shape index (κ3) is 3.59. The van der Waals surface area contributed by atoms with E-state index in [0.717, 1.165) is 11.3 Å². The van der Waals surface area contributed by atoms with Gasteiger partial charge >= 0.3 is 5.97 Å². The number of anilines is 2. The Morgan fingerprint density at radius 2 is 1.88 bits per heavy atom. The lowest BCUT2D eigenvalue weighted by molar-refractivity contribution is -0.122. The van der Waals surface area contributed by atoms with E-state index < -0.39 is 11.9 Å². The molecule has 3 rings (SSSR count). The van der Waals surface area contributed by atoms with Crippen molar-refractivity contribution in [1.29, 1.82) is 0 Å². The minimum Gasteiger partial charge on any atom is -0.465 e. The highest BCUT2D eigenvalue weighted by atomic mass is 16.5. The van der Waals surface area contributed by atoms with Crippen LogP contribution in [0, 0.1) is 12.8 Å². The highest BCUT2D eigenvalue weighted by Gasteiger charge is 2.35. The van der Waals surface area contributed by atoms with E-state index in [1.165, 1.54) is 7.11 Å². The average Bonchev–Trinajstić information content (AvgIpc) is 3.05. The summed E-state index contributed by atoms with van der Waals surface area (Å²) in [6.07, 6.45) is 0.139. The Morgan fingerprint density at radius 3 is 2.58 bits per heavy atom. The Labute approximate surface area is 151 Å². The lowest BCUT2D eigenvalue weighted by atomic mass is 10.1. The van der Waals surface area contributed by atoms with Crippen LogP contribution >= 0.6 is 0 Å². The fraction of sp³-hybridized carbons (Fsp3) is 0.250. The number of aryl methyl sites for hydroxylation is 1. The van der Waals surface area contributed by atoms with Gasteiger partial charge in [0.25, 0.3) is 0 Å². The quantitative estimate of drug-likeness (QED) is 0.859. The maximum Gasteiger partial charge on any atom is 0.339 e. The SMILES string of the molecule is COC(=O)c1cc(C)ccc1NC(=O)C1CC(=O)N(c2ccccc2)C1. The summed E-state index contributed by atoms with van der Waals surface area (Å²) < 4.78 is 4.78. The Hall–Kier alpha value is -3.15. The Kier molecular flexibility index (Phi) is 5.02. The maximum atomic E-state index is 12.6. The van der Waals surface area contributed by atoms with E-state index in [2.05, 4.69) is 5.32 Å². The van der Waals surface area contributed by atoms with Crippen LogP contribution in [0.1, 0.15) is 22.3 Å². The van der Waals surface area contributed by atoms with Crippen LogP contribution in [0.2, 0.25) is 0 Å². The van der Waals surface area contributed by atoms with E-state index in [1.807, 2.05) is 37.3 Å². The second-order valence-electron chi connectivity index (χ2n) is 6.27. The first-order valence-electron chi connectivity index (χ1n) is 8.35. The predicted octanol–water partition coefficient (Wildman–Crippen LogP) is 2.77. The number of para-hydroxylation sites is 1. The normalized spacial score (nSPS) is 16.5. The Bertz CT molecular complexity index is 848. The van der Waals surface area contributed by atoms with Gasteiger partial charge in [-0.3, -0.25) is 9.59 Å². The predicted molar refractivity (Wildman–Crippen MR) is 98.1 cm³/mol. The fourth-order valence-electron chi connectivity index (χ4n) is 3.02. The van der Waals surface area contributed by atoms with E-state index in [1.54, 1.807) is 23.1 Å². The van der Waals surface area contributed by atoms with Crippen LogP contribution in [-0.4, -0.2) is 31.4 Å². The molecule has 1 saturated heterocycles. The molecule has 0 saturated carbocycles. The zero-order valence-electron chi connectivity index (χ0n) is 14.7. The van der Waals surface area contributed by atoms with Crippen molar-refractivity contribution < 1.29 is 19.1 Å². The molecule has 1 fully saturated rings. The molecule has 0 spiro atoms. The number of amides is 2. The number of carbonyl (C=O) groups excluding carboxylic acids is 3. The summed E-state index contributed by atoms with van der Waals surface area (Å²) in [5.41, 5.74) is 2.34. The van der Waals surface area contributed by atoms with Crippen molar-refractivity contribution in [2.45, 2.75) is 13.3 Å². The van der Waals surface area contributed by atoms with Gasteiger partial charge in [-0.1, -0.05) is 29.8 Å². The summed E-state index contributed by atoms with van der Waals surface area (Å²) in [5.74, 6) is -1.37. The third-order valence-corrected chi connectivity index (χ3v) is 4.40. The van der Waals surface area contributed by atoms with Crippen molar-refractivity contribution in [3.8, 4) is 0 Å². The van der Waals surface area contributed by atoms with Crippen LogP contribution in [0.15, 0.2) is 48.5 Å². The molecule has 0 bridgehead atoms. The zero-order valence-corrected chi connectivity index (χ0v) is 14.7. The minimum atomic E-state index is -0.516. The van der Waals surface area contributed by atoms with Crippen molar-refractivity contribution >= 4 is 29.2 Å². The molecule has 1 aliphatic rings. The van der Waals surface area contributed by atoms with Gasteiger partial charge in [-0.15, -0.1) is 0 Å². The molecule has 1 N–H and O–H groups in total. The van der Waals surface area contributed by atoms with Gasteiger partial charge in [0.05, 0.1) is 24.3 Å². The number of nitrogens with zero attached hydrogens (tertiary/aromatic N) is 1. The second kappa shape index (κ2) is 7.39. The highest BCUT2D eigenvalue weighted by Crippen LogP contribution is 2.26. The second-order valence-corrected chi connectivity index (χ2v) is 6.27. The van der Waals surface area contributed by atoms with Gasteiger partial charge in [-0.25, -0.2) is 4.79 Å². The number of methoxy groups -OCH3 is 1. The van der Waals surface area contributed by atoms with E-state index in [4.69, 9.17) is 4.74 Å². The smallest absolute Gasteiger partial charge is 0.339 e. The van der Waals surface area contributed by atoms with Crippen molar-refractivity contribution in [3.63, 3.8) is 0 Å². The Balaban J connectivity index is 1.76. The molecule has 1 aliphatic heterocycles. The molecule has 2 amide bonds. The van der Waals surface area contributed by atoms with E-state index in [0.29, 0.717) is 17.8 Å². The summed E-state index contributed by atoms with van der Waals surface area (Å²) in [4.78, 5) is 38.5. The van der Waals surface area contributed by atoms with Gasteiger partial charge in [0, 0.05) is 18.7 Å². The molecule has 0 aromatic heterocycles. The average molecular weight is 352 g/mol. The minimum absolute atomic E-state index is 0.0894. The van der Waals surface area contributed by atoms with Crippen LogP contribution in [0.5, 0.6) is 0 Å². The number of benzene rings is 2. The highest BCUT2D eigenvalue weighted by molar-refractivity contribution is 6.06. The Morgan fingerprint density at radius 1 is 1.15 bits per heavy atom. The maximum absolute atomic E-state index is 12.6. The first-order chi connectivity index (χ1) is 12.5. The molecule has 26 heavy (non-hydrogen) atoms. The molecule has 0 aliphatic carbocycles. The number of ether oxygens (including phenoxy) is 1. The van der Waals surface area contributed by atoms with Crippen molar-refractivity contribution in [2.24, 2.45) is 5.92 Å². The molecule has 2 aromatic carbocycles. The molecule has 134 valence electrons. The van der Waals surface area contributed by atoms with Crippen LogP contribution in [0.25, 0.3) is 0 Å². The van der Waals surface area contributed by atoms with Crippen LogP contribution in [-0.2, 0) is 14.3 Å². The molecule has 1 unspecified atom stereocenters. The topological polar surface area (TPSA) is 75.7 Å². The number of rotatable bonds is 4. The zero-order chi connectivity index (χ0) is 18.7. The van der Waals surface area contributed by atoms with Crippen LogP contribution in [0.3, 0.4) is 0 Å². The van der Waals surface area contributed by atoms with Crippen molar-refractivity contribution in [3.05, 3.63) is 59.7 Å². The first-order valence-corrected chi connectivity index (χ1v) is 8.35. The third-order valence-electron chi connectivity index (χ3n) is 4.40. The first kappa shape index (κ1) is 17.7. The fourth-order valence-corrected chi connectivity index (χ4v) is 3.02. The number of hydrogen-bond acceptors (Lipinski definition) is 4. The molecule has 0 radical (unpaired) electrons. The van der Waals surface area contributed by atoms with E-state index in [9.17, 15) is 14.4 Å². The lowest BCUT2D eigenvalue weighted by Crippen LogP contribution is -2.28. The molecule has 6 heteroatoms. The standard InChI is InChI=1S/C20H20N2O4/c1-13-8-9-17(16(10-13)20(25)26-2)21-19(24)14-11-18(23)22(12-14)15-6-4-3-5-7-15/h3-10,14H,11-12H2,1-2H3,(H,21,24). The van der Waals surface area contributed by atoms with Gasteiger partial charge in [0.2, 0.25) is 11.8 Å². The molecule has 2 aromatic rings. The summed E-state index contributed by atoms with van der Waals surface area (Å²) >= 11 is 0. The van der Waals surface area contributed by atoms with E-state index in [-0.39, 0.29) is 18.2 Å². The van der Waals surface area contributed by atoms with Crippen molar-refractivity contribution in [1.82, 2.24) is 0 Å². The molecule has 1 heterocycles. The van der Waals surface area contributed by atoms with Crippen molar-refractivity contribution in [2.75, 3.05) is 23.9 Å². The summed E-state index contributed by atoms with van der Waals surface area (Å²) in [6.45, 7) is 2.17. The van der Waals surface area contributed by atoms with Crippen LogP contribution in [0.4, 0.5) is 11.4 Å². The van der Waals surface area contributed by atoms with Gasteiger partial charge in [-0.2, -0.15) is 0 Å². The van der Waals surface area contributed by atoms with Gasteiger partial charge < -0.3 is 15.0 Å². The van der Waals surface area contributed by atoms with Gasteiger partial charge in [-0.05, 0) is 31.2 Å². The number of carbonyl (C=O) groups is 3. The van der Waals surface area contributed by atoms with E-state index >= 15 is 0 Å². The number of esters is 1. The molecule has 6 nitrogen and oxygen atoms in total. The number of hydrogen-bond donors (Lipinski definition) is 1. The summed E-state index contributed by atoms with van der Waals surface area (Å²) in [6, 6.07) is 14.4. The number of nitrogens with one attached hydrogen (secondary N) is 1. The molecular formula is C20H20N2O4. The lowest BCUT2D eigenvalue weighted by Gasteiger charge is -2.17. The van der Waals surface area contributed by atoms with Crippen LogP contribution < -0.4 is 10.2 Å². The summed E-state index contributed by atoms with van der Waals surface area (Å²) in [5, 5.41) is 2.77. The van der Waals surface area contributed by atoms with Gasteiger partial charge in [0.1, 0.15) is 0 Å². The summed E-state index contributed by atoms with van der Waals surface area (Å²) in [7, 11) is 1.30. The molecule has 1 atom stereocenters. The van der Waals surface area contributed by atoms with Gasteiger partial charge in [0.15, 0.2) is 0 Å². The monoisotopic (exact) mass is 352 g/mol.